The van der Waals surface area contributed by atoms with Gasteiger partial charge in [0.05, 0.1) is 5.56 Å². The van der Waals surface area contributed by atoms with Gasteiger partial charge >= 0.3 is 6.18 Å². The molecule has 0 amide bonds. The van der Waals surface area contributed by atoms with Gasteiger partial charge in [0.25, 0.3) is 0 Å². The van der Waals surface area contributed by atoms with Crippen LogP contribution in [0.15, 0.2) is 54.7 Å². The summed E-state index contributed by atoms with van der Waals surface area (Å²) in [6, 6.07) is 13.3. The lowest BCUT2D eigenvalue weighted by atomic mass is 9.91. The molecule has 1 unspecified atom stereocenters. The van der Waals surface area contributed by atoms with Crippen LogP contribution < -0.4 is 5.73 Å². The lowest BCUT2D eigenvalue weighted by Crippen LogP contribution is -2.15. The van der Waals surface area contributed by atoms with E-state index >= 15 is 0 Å². The summed E-state index contributed by atoms with van der Waals surface area (Å²) < 4.78 is 38.5. The Bertz CT molecular complexity index is 805. The summed E-state index contributed by atoms with van der Waals surface area (Å²) in [4.78, 5) is 3.19. The molecule has 120 valence electrons. The Morgan fingerprint density at radius 3 is 2.57 bits per heavy atom. The van der Waals surface area contributed by atoms with E-state index in [1.807, 2.05) is 30.5 Å². The number of nitrogens with two attached hydrogens (primary N) is 1. The Balaban J connectivity index is 1.91. The van der Waals surface area contributed by atoms with Crippen molar-refractivity contribution in [1.29, 1.82) is 0 Å². The zero-order valence-corrected chi connectivity index (χ0v) is 12.4. The minimum absolute atomic E-state index is 0.0327. The second-order valence-electron chi connectivity index (χ2n) is 5.62. The van der Waals surface area contributed by atoms with Gasteiger partial charge < -0.3 is 10.7 Å². The number of benzene rings is 2. The van der Waals surface area contributed by atoms with Crippen molar-refractivity contribution < 1.29 is 13.2 Å². The van der Waals surface area contributed by atoms with Crippen LogP contribution in [-0.2, 0) is 12.6 Å². The molecule has 0 radical (unpaired) electrons. The Labute approximate surface area is 132 Å². The first-order chi connectivity index (χ1) is 11.0. The van der Waals surface area contributed by atoms with E-state index in [0.717, 1.165) is 22.5 Å². The quantitative estimate of drug-likeness (QED) is 0.732. The van der Waals surface area contributed by atoms with Gasteiger partial charge in [-0.15, -0.1) is 0 Å². The van der Waals surface area contributed by atoms with Crippen LogP contribution in [0.1, 0.15) is 22.6 Å². The summed E-state index contributed by atoms with van der Waals surface area (Å²) in [5, 5.41) is 1.06. The van der Waals surface area contributed by atoms with Crippen molar-refractivity contribution >= 4 is 10.9 Å². The molecule has 2 aromatic carbocycles. The largest absolute Gasteiger partial charge is 0.416 e. The number of H-pyrrole nitrogens is 1. The molecular weight excluding hydrogens is 301 g/mol. The van der Waals surface area contributed by atoms with Gasteiger partial charge in [-0.2, -0.15) is 13.2 Å². The van der Waals surface area contributed by atoms with Crippen LogP contribution >= 0.6 is 0 Å². The van der Waals surface area contributed by atoms with Gasteiger partial charge in [-0.3, -0.25) is 0 Å². The molecule has 1 atom stereocenters. The zero-order valence-electron chi connectivity index (χ0n) is 12.4. The second kappa shape index (κ2) is 6.08. The van der Waals surface area contributed by atoms with Crippen molar-refractivity contribution in [3.8, 4) is 0 Å². The van der Waals surface area contributed by atoms with E-state index in [1.165, 1.54) is 12.1 Å². The Kier molecular flexibility index (Phi) is 4.13. The third-order valence-corrected chi connectivity index (χ3v) is 4.08. The smallest absolute Gasteiger partial charge is 0.361 e. The van der Waals surface area contributed by atoms with Gasteiger partial charge in [0, 0.05) is 23.0 Å². The normalized spacial score (nSPS) is 13.4. The lowest BCUT2D eigenvalue weighted by molar-refractivity contribution is -0.137. The van der Waals surface area contributed by atoms with Crippen molar-refractivity contribution in [2.75, 3.05) is 6.54 Å². The number of hydrogen-bond acceptors (Lipinski definition) is 1. The van der Waals surface area contributed by atoms with Gasteiger partial charge in [-0.05, 0) is 36.2 Å². The van der Waals surface area contributed by atoms with Gasteiger partial charge in [0.2, 0.25) is 0 Å². The lowest BCUT2D eigenvalue weighted by Gasteiger charge is -2.16. The van der Waals surface area contributed by atoms with Crippen molar-refractivity contribution in [1.82, 2.24) is 4.98 Å². The number of hydrogen-bond donors (Lipinski definition) is 2. The molecular formula is C18H17F3N2. The van der Waals surface area contributed by atoms with Crippen molar-refractivity contribution in [2.24, 2.45) is 5.73 Å². The average molecular weight is 318 g/mol. The van der Waals surface area contributed by atoms with Crippen LogP contribution in [0.5, 0.6) is 0 Å². The molecule has 5 heteroatoms. The fraction of sp³-hybridized carbons (Fsp3) is 0.222. The standard InChI is InChI=1S/C18H17F3N2/c19-18(20,21)14-5-3-4-12(9-14)8-13(10-22)16-11-23-17-7-2-1-6-15(16)17/h1-7,9,11,13,23H,8,10,22H2. The molecule has 1 aromatic heterocycles. The number of halogens is 3. The SMILES string of the molecule is NCC(Cc1cccc(C(F)(F)F)c1)c1c[nH]c2ccccc12. The average Bonchev–Trinajstić information content (AvgIpc) is 2.96. The summed E-state index contributed by atoms with van der Waals surface area (Å²) in [6.07, 6.45) is -1.95. The molecule has 0 spiro atoms. The summed E-state index contributed by atoms with van der Waals surface area (Å²) >= 11 is 0. The molecule has 3 aromatic rings. The fourth-order valence-corrected chi connectivity index (χ4v) is 2.91. The highest BCUT2D eigenvalue weighted by atomic mass is 19.4. The Morgan fingerprint density at radius 1 is 1.04 bits per heavy atom. The summed E-state index contributed by atoms with van der Waals surface area (Å²) in [7, 11) is 0. The summed E-state index contributed by atoms with van der Waals surface area (Å²) in [5.74, 6) is -0.0327. The number of alkyl halides is 3. The van der Waals surface area contributed by atoms with Gasteiger partial charge in [-0.25, -0.2) is 0 Å². The number of aromatic nitrogens is 1. The summed E-state index contributed by atoms with van der Waals surface area (Å²) in [5.41, 5.74) is 7.96. The number of nitrogens with one attached hydrogen (secondary N) is 1. The first kappa shape index (κ1) is 15.6. The van der Waals surface area contributed by atoms with Crippen molar-refractivity contribution in [3.63, 3.8) is 0 Å². The zero-order chi connectivity index (χ0) is 16.4. The van der Waals surface area contributed by atoms with E-state index in [1.54, 1.807) is 6.07 Å². The minimum atomic E-state index is -4.32. The molecule has 0 aliphatic carbocycles. The van der Waals surface area contributed by atoms with E-state index in [2.05, 4.69) is 4.98 Å². The molecule has 2 nitrogen and oxygen atoms in total. The first-order valence-corrected chi connectivity index (χ1v) is 7.41. The predicted octanol–water partition coefficient (Wildman–Crippen LogP) is 4.47. The summed E-state index contributed by atoms with van der Waals surface area (Å²) in [6.45, 7) is 0.373. The van der Waals surface area contributed by atoms with Gasteiger partial charge in [-0.1, -0.05) is 36.4 Å². The maximum atomic E-state index is 12.8. The van der Waals surface area contributed by atoms with E-state index in [4.69, 9.17) is 5.73 Å². The Morgan fingerprint density at radius 2 is 1.83 bits per heavy atom. The molecule has 0 aliphatic heterocycles. The molecule has 0 saturated heterocycles. The van der Waals surface area contributed by atoms with E-state index in [9.17, 15) is 13.2 Å². The van der Waals surface area contributed by atoms with Crippen LogP contribution in [-0.4, -0.2) is 11.5 Å². The number of para-hydroxylation sites is 1. The van der Waals surface area contributed by atoms with Crippen molar-refractivity contribution in [3.05, 3.63) is 71.4 Å². The number of fused-ring (bicyclic) bond motifs is 1. The van der Waals surface area contributed by atoms with E-state index in [-0.39, 0.29) is 5.92 Å². The number of aromatic amines is 1. The maximum Gasteiger partial charge on any atom is 0.416 e. The van der Waals surface area contributed by atoms with Crippen LogP contribution in [0.3, 0.4) is 0 Å². The third-order valence-electron chi connectivity index (χ3n) is 4.08. The van der Waals surface area contributed by atoms with Gasteiger partial charge in [0.15, 0.2) is 0 Å². The highest BCUT2D eigenvalue weighted by Crippen LogP contribution is 2.32. The van der Waals surface area contributed by atoms with E-state index in [0.29, 0.717) is 18.5 Å². The minimum Gasteiger partial charge on any atom is -0.361 e. The molecule has 3 N–H and O–H groups in total. The predicted molar refractivity (Wildman–Crippen MR) is 85.2 cm³/mol. The Hall–Kier alpha value is -2.27. The van der Waals surface area contributed by atoms with E-state index < -0.39 is 11.7 Å². The monoisotopic (exact) mass is 318 g/mol. The van der Waals surface area contributed by atoms with Crippen molar-refractivity contribution in [2.45, 2.75) is 18.5 Å². The third kappa shape index (κ3) is 3.24. The highest BCUT2D eigenvalue weighted by molar-refractivity contribution is 5.83. The van der Waals surface area contributed by atoms with Gasteiger partial charge in [0.1, 0.15) is 0 Å². The number of rotatable bonds is 4. The van der Waals surface area contributed by atoms with Crippen LogP contribution in [0.25, 0.3) is 10.9 Å². The molecule has 0 saturated carbocycles. The molecule has 1 heterocycles. The maximum absolute atomic E-state index is 12.8. The van der Waals surface area contributed by atoms with Crippen LogP contribution in [0.4, 0.5) is 13.2 Å². The molecule has 0 aliphatic rings. The molecule has 23 heavy (non-hydrogen) atoms. The molecule has 0 fully saturated rings. The highest BCUT2D eigenvalue weighted by Gasteiger charge is 2.30. The first-order valence-electron chi connectivity index (χ1n) is 7.41. The van der Waals surface area contributed by atoms with Crippen LogP contribution in [0, 0.1) is 0 Å². The topological polar surface area (TPSA) is 41.8 Å². The fourth-order valence-electron chi connectivity index (χ4n) is 2.91. The molecule has 0 bridgehead atoms. The van der Waals surface area contributed by atoms with Crippen LogP contribution in [0.2, 0.25) is 0 Å². The second-order valence-corrected chi connectivity index (χ2v) is 5.62. The molecule has 3 rings (SSSR count).